The average molecular weight is 181 g/mol. The fourth-order valence-electron chi connectivity index (χ4n) is 3.69. The van der Waals surface area contributed by atoms with Gasteiger partial charge in [-0.3, -0.25) is 0 Å². The molecule has 2 saturated carbocycles. The average Bonchev–Trinajstić information content (AvgIpc) is 2.07. The minimum absolute atomic E-state index is 0.215. The number of rotatable bonds is 0. The first-order valence-electron chi connectivity index (χ1n) is 5.86. The molecule has 2 aliphatic carbocycles. The predicted molar refractivity (Wildman–Crippen MR) is 56.4 cm³/mol. The Labute approximate surface area is 82.1 Å². The number of hydrogen-bond acceptors (Lipinski definition) is 1. The Balaban J connectivity index is 2.12. The van der Waals surface area contributed by atoms with E-state index in [9.17, 15) is 0 Å². The molecule has 76 valence electrons. The van der Waals surface area contributed by atoms with Crippen LogP contribution in [-0.4, -0.2) is 5.54 Å². The summed E-state index contributed by atoms with van der Waals surface area (Å²) in [6.07, 6.45) is 8.08. The van der Waals surface area contributed by atoms with Gasteiger partial charge in [0.1, 0.15) is 0 Å². The molecule has 0 spiro atoms. The highest BCUT2D eigenvalue weighted by atomic mass is 14.8. The zero-order valence-corrected chi connectivity index (χ0v) is 9.05. The second kappa shape index (κ2) is 3.27. The smallest absolute Gasteiger partial charge is 0.0159 e. The van der Waals surface area contributed by atoms with Crippen molar-refractivity contribution < 1.29 is 0 Å². The van der Waals surface area contributed by atoms with Crippen molar-refractivity contribution in [2.45, 2.75) is 57.9 Å². The first-order valence-corrected chi connectivity index (χ1v) is 5.86. The molecule has 2 aliphatic rings. The third kappa shape index (κ3) is 2.07. The Hall–Kier alpha value is -0.0400. The molecule has 2 bridgehead atoms. The summed E-state index contributed by atoms with van der Waals surface area (Å²) in [5.41, 5.74) is 6.67. The van der Waals surface area contributed by atoms with Crippen LogP contribution >= 0.6 is 0 Å². The van der Waals surface area contributed by atoms with Crippen LogP contribution in [0.25, 0.3) is 0 Å². The fourth-order valence-corrected chi connectivity index (χ4v) is 3.69. The lowest BCUT2D eigenvalue weighted by Gasteiger charge is -2.39. The Morgan fingerprint density at radius 2 is 1.77 bits per heavy atom. The van der Waals surface area contributed by atoms with Gasteiger partial charge < -0.3 is 5.73 Å². The van der Waals surface area contributed by atoms with Gasteiger partial charge in [0.15, 0.2) is 0 Å². The molecule has 0 radical (unpaired) electrons. The maximum Gasteiger partial charge on any atom is 0.0159 e. The van der Waals surface area contributed by atoms with Crippen LogP contribution in [0.2, 0.25) is 0 Å². The zero-order valence-electron chi connectivity index (χ0n) is 9.05. The highest BCUT2D eigenvalue weighted by molar-refractivity contribution is 4.95. The monoisotopic (exact) mass is 181 g/mol. The van der Waals surface area contributed by atoms with Crippen LogP contribution in [0.3, 0.4) is 0 Å². The summed E-state index contributed by atoms with van der Waals surface area (Å²) >= 11 is 0. The van der Waals surface area contributed by atoms with Gasteiger partial charge in [0, 0.05) is 5.54 Å². The van der Waals surface area contributed by atoms with Crippen molar-refractivity contribution in [2.24, 2.45) is 23.5 Å². The molecule has 4 unspecified atom stereocenters. The molecule has 0 saturated heterocycles. The lowest BCUT2D eigenvalue weighted by Crippen LogP contribution is -2.45. The third-order valence-corrected chi connectivity index (χ3v) is 4.06. The van der Waals surface area contributed by atoms with E-state index in [-0.39, 0.29) is 5.54 Å². The molecule has 1 heteroatoms. The second-order valence-corrected chi connectivity index (χ2v) is 5.86. The van der Waals surface area contributed by atoms with Gasteiger partial charge in [0.25, 0.3) is 0 Å². The Bertz CT molecular complexity index is 190. The number of fused-ring (bicyclic) bond motifs is 2. The van der Waals surface area contributed by atoms with E-state index in [0.717, 1.165) is 17.8 Å². The van der Waals surface area contributed by atoms with Gasteiger partial charge in [-0.15, -0.1) is 0 Å². The fraction of sp³-hybridized carbons (Fsp3) is 1.00. The van der Waals surface area contributed by atoms with Crippen LogP contribution in [0.4, 0.5) is 0 Å². The van der Waals surface area contributed by atoms with Crippen LogP contribution < -0.4 is 5.73 Å². The van der Waals surface area contributed by atoms with Crippen molar-refractivity contribution in [3.05, 3.63) is 0 Å². The summed E-state index contributed by atoms with van der Waals surface area (Å²) in [5.74, 6) is 2.72. The summed E-state index contributed by atoms with van der Waals surface area (Å²) in [7, 11) is 0. The second-order valence-electron chi connectivity index (χ2n) is 5.86. The standard InChI is InChI=1S/C12H23N/c1-9-3-4-12(13)7-10(2)6-11(5-9)8-12/h9-11H,3-8,13H2,1-2H3. The zero-order chi connectivity index (χ0) is 9.47. The Kier molecular flexibility index (Phi) is 2.39. The number of nitrogens with two attached hydrogens (primary N) is 1. The minimum atomic E-state index is 0.215. The van der Waals surface area contributed by atoms with E-state index in [1.807, 2.05) is 0 Å². The van der Waals surface area contributed by atoms with Crippen LogP contribution in [0.1, 0.15) is 52.4 Å². The van der Waals surface area contributed by atoms with Crippen LogP contribution in [0.15, 0.2) is 0 Å². The molecule has 0 aromatic rings. The van der Waals surface area contributed by atoms with Gasteiger partial charge in [-0.05, 0) is 56.3 Å². The van der Waals surface area contributed by atoms with Crippen molar-refractivity contribution in [1.82, 2.24) is 0 Å². The van der Waals surface area contributed by atoms with Crippen molar-refractivity contribution in [3.8, 4) is 0 Å². The molecule has 0 amide bonds. The largest absolute Gasteiger partial charge is 0.325 e. The minimum Gasteiger partial charge on any atom is -0.325 e. The Morgan fingerprint density at radius 3 is 2.54 bits per heavy atom. The summed E-state index contributed by atoms with van der Waals surface area (Å²) in [4.78, 5) is 0. The highest BCUT2D eigenvalue weighted by Crippen LogP contribution is 2.43. The van der Waals surface area contributed by atoms with Crippen LogP contribution in [-0.2, 0) is 0 Å². The van der Waals surface area contributed by atoms with Gasteiger partial charge in [-0.2, -0.15) is 0 Å². The Morgan fingerprint density at radius 1 is 1.08 bits per heavy atom. The predicted octanol–water partition coefficient (Wildman–Crippen LogP) is 2.94. The number of hydrogen-bond donors (Lipinski definition) is 1. The van der Waals surface area contributed by atoms with Crippen molar-refractivity contribution in [1.29, 1.82) is 0 Å². The molecule has 0 aromatic carbocycles. The first-order chi connectivity index (χ1) is 6.07. The van der Waals surface area contributed by atoms with E-state index in [4.69, 9.17) is 5.73 Å². The quantitative estimate of drug-likeness (QED) is 0.611. The maximum absolute atomic E-state index is 6.45. The molecular formula is C12H23N. The van der Waals surface area contributed by atoms with E-state index in [1.165, 1.54) is 38.5 Å². The van der Waals surface area contributed by atoms with E-state index < -0.39 is 0 Å². The van der Waals surface area contributed by atoms with E-state index in [0.29, 0.717) is 0 Å². The molecule has 2 fully saturated rings. The van der Waals surface area contributed by atoms with E-state index >= 15 is 0 Å². The third-order valence-electron chi connectivity index (χ3n) is 4.06. The molecule has 13 heavy (non-hydrogen) atoms. The summed E-state index contributed by atoms with van der Waals surface area (Å²) in [5, 5.41) is 0. The molecule has 1 nitrogen and oxygen atoms in total. The summed E-state index contributed by atoms with van der Waals surface area (Å²) < 4.78 is 0. The molecule has 2 N–H and O–H groups in total. The van der Waals surface area contributed by atoms with E-state index in [2.05, 4.69) is 13.8 Å². The van der Waals surface area contributed by atoms with Gasteiger partial charge in [0.05, 0.1) is 0 Å². The normalized spacial score (nSPS) is 51.5. The van der Waals surface area contributed by atoms with Gasteiger partial charge in [-0.1, -0.05) is 13.8 Å². The van der Waals surface area contributed by atoms with Crippen LogP contribution in [0, 0.1) is 17.8 Å². The molecular weight excluding hydrogens is 158 g/mol. The molecule has 0 aliphatic heterocycles. The SMILES string of the molecule is CC1CCC2(N)CC(C)CC(C1)C2. The lowest BCUT2D eigenvalue weighted by atomic mass is 9.71. The van der Waals surface area contributed by atoms with E-state index in [1.54, 1.807) is 0 Å². The maximum atomic E-state index is 6.45. The van der Waals surface area contributed by atoms with Gasteiger partial charge >= 0.3 is 0 Å². The van der Waals surface area contributed by atoms with Crippen LogP contribution in [0.5, 0.6) is 0 Å². The van der Waals surface area contributed by atoms with Crippen molar-refractivity contribution in [3.63, 3.8) is 0 Å². The van der Waals surface area contributed by atoms with Crippen molar-refractivity contribution >= 4 is 0 Å². The topological polar surface area (TPSA) is 26.0 Å². The first kappa shape index (κ1) is 9.51. The highest BCUT2D eigenvalue weighted by Gasteiger charge is 2.38. The van der Waals surface area contributed by atoms with Gasteiger partial charge in [-0.25, -0.2) is 0 Å². The summed E-state index contributed by atoms with van der Waals surface area (Å²) in [6, 6.07) is 0. The summed E-state index contributed by atoms with van der Waals surface area (Å²) in [6.45, 7) is 4.78. The van der Waals surface area contributed by atoms with Gasteiger partial charge in [0.2, 0.25) is 0 Å². The van der Waals surface area contributed by atoms with Crippen molar-refractivity contribution in [2.75, 3.05) is 0 Å². The molecule has 2 rings (SSSR count). The molecule has 4 atom stereocenters. The molecule has 0 aromatic heterocycles. The lowest BCUT2D eigenvalue weighted by molar-refractivity contribution is 0.174. The molecule has 0 heterocycles.